The van der Waals surface area contributed by atoms with Gasteiger partial charge in [0.25, 0.3) is 0 Å². The summed E-state index contributed by atoms with van der Waals surface area (Å²) < 4.78 is 16.3. The molecule has 8 heteroatoms. The van der Waals surface area contributed by atoms with E-state index in [2.05, 4.69) is 20.7 Å². The Balaban J connectivity index is 1.39. The van der Waals surface area contributed by atoms with Crippen LogP contribution in [0.25, 0.3) is 16.6 Å². The summed E-state index contributed by atoms with van der Waals surface area (Å²) in [4.78, 5) is 9.20. The van der Waals surface area contributed by atoms with Crippen molar-refractivity contribution >= 4 is 22.4 Å². The van der Waals surface area contributed by atoms with Gasteiger partial charge in [0.05, 0.1) is 22.6 Å². The Hall–Kier alpha value is -3.36. The second-order valence-corrected chi connectivity index (χ2v) is 7.85. The Bertz CT molecular complexity index is 1190. The number of pyridine rings is 2. The minimum Gasteiger partial charge on any atom is -0.338 e. The SMILES string of the molecule is NC(c1ccc2cnc(Nc3ccc(-n4cccn4)cc3F)cc2n1)C1CCNCC1. The summed E-state index contributed by atoms with van der Waals surface area (Å²) in [6.07, 6.45) is 7.27. The molecule has 3 aromatic heterocycles. The van der Waals surface area contributed by atoms with Crippen molar-refractivity contribution in [3.63, 3.8) is 0 Å². The Labute approximate surface area is 179 Å². The maximum Gasteiger partial charge on any atom is 0.148 e. The smallest absolute Gasteiger partial charge is 0.148 e. The topological polar surface area (TPSA) is 93.7 Å². The Kier molecular flexibility index (Phi) is 5.31. The monoisotopic (exact) mass is 417 g/mol. The zero-order chi connectivity index (χ0) is 21.2. The van der Waals surface area contributed by atoms with E-state index in [0.29, 0.717) is 23.1 Å². The molecule has 1 atom stereocenters. The fraction of sp³-hybridized carbons (Fsp3) is 0.261. The van der Waals surface area contributed by atoms with Crippen LogP contribution in [-0.2, 0) is 0 Å². The number of rotatable bonds is 5. The molecular weight excluding hydrogens is 393 g/mol. The number of hydrogen-bond donors (Lipinski definition) is 3. The minimum atomic E-state index is -0.385. The van der Waals surface area contributed by atoms with Gasteiger partial charge in [0.15, 0.2) is 0 Å². The van der Waals surface area contributed by atoms with Crippen LogP contribution in [0.1, 0.15) is 24.6 Å². The number of anilines is 2. The first-order chi connectivity index (χ1) is 15.2. The van der Waals surface area contributed by atoms with Crippen molar-refractivity contribution in [3.8, 4) is 5.69 Å². The molecule has 1 aliphatic heterocycles. The number of nitrogens with one attached hydrogen (secondary N) is 2. The molecule has 5 rings (SSSR count). The molecule has 1 saturated heterocycles. The van der Waals surface area contributed by atoms with Gasteiger partial charge >= 0.3 is 0 Å². The van der Waals surface area contributed by atoms with E-state index in [1.807, 2.05) is 18.2 Å². The van der Waals surface area contributed by atoms with Gasteiger partial charge in [-0.15, -0.1) is 0 Å². The fourth-order valence-electron chi connectivity index (χ4n) is 4.04. The third-order valence-electron chi connectivity index (χ3n) is 5.81. The molecule has 0 amide bonds. The highest BCUT2D eigenvalue weighted by Gasteiger charge is 2.22. The van der Waals surface area contributed by atoms with Crippen LogP contribution in [0.15, 0.2) is 61.1 Å². The van der Waals surface area contributed by atoms with Crippen molar-refractivity contribution in [2.45, 2.75) is 18.9 Å². The lowest BCUT2D eigenvalue weighted by molar-refractivity contribution is 0.319. The third-order valence-corrected chi connectivity index (χ3v) is 5.81. The zero-order valence-electron chi connectivity index (χ0n) is 17.0. The number of hydrogen-bond acceptors (Lipinski definition) is 6. The molecule has 1 unspecified atom stereocenters. The summed E-state index contributed by atoms with van der Waals surface area (Å²) in [6.45, 7) is 1.99. The number of benzene rings is 1. The van der Waals surface area contributed by atoms with E-state index >= 15 is 0 Å². The highest BCUT2D eigenvalue weighted by molar-refractivity contribution is 5.81. The first-order valence-corrected chi connectivity index (χ1v) is 10.5. The first kappa shape index (κ1) is 19.6. The lowest BCUT2D eigenvalue weighted by Gasteiger charge is -2.27. The molecule has 31 heavy (non-hydrogen) atoms. The molecular formula is C23H24FN7. The van der Waals surface area contributed by atoms with Gasteiger partial charge in [0.2, 0.25) is 0 Å². The number of aromatic nitrogens is 4. The average molecular weight is 417 g/mol. The molecule has 0 saturated carbocycles. The number of nitrogens with two attached hydrogens (primary N) is 1. The van der Waals surface area contributed by atoms with Crippen LogP contribution >= 0.6 is 0 Å². The lowest BCUT2D eigenvalue weighted by atomic mass is 9.88. The predicted octanol–water partition coefficient (Wildman–Crippen LogP) is 3.70. The van der Waals surface area contributed by atoms with Crippen molar-refractivity contribution in [1.82, 2.24) is 25.1 Å². The van der Waals surface area contributed by atoms with Gasteiger partial charge in [-0.25, -0.2) is 14.1 Å². The van der Waals surface area contributed by atoms with Gasteiger partial charge in [-0.2, -0.15) is 5.10 Å². The summed E-state index contributed by atoms with van der Waals surface area (Å²) >= 11 is 0. The van der Waals surface area contributed by atoms with Crippen LogP contribution in [-0.4, -0.2) is 32.8 Å². The minimum absolute atomic E-state index is 0.0941. The molecule has 4 N–H and O–H groups in total. The average Bonchev–Trinajstić information content (AvgIpc) is 3.35. The van der Waals surface area contributed by atoms with Gasteiger partial charge < -0.3 is 16.4 Å². The molecule has 7 nitrogen and oxygen atoms in total. The van der Waals surface area contributed by atoms with Gasteiger partial charge in [-0.3, -0.25) is 4.98 Å². The van der Waals surface area contributed by atoms with Crippen LogP contribution in [0, 0.1) is 11.7 Å². The van der Waals surface area contributed by atoms with Crippen LogP contribution < -0.4 is 16.4 Å². The second kappa shape index (κ2) is 8.41. The number of piperidine rings is 1. The molecule has 0 radical (unpaired) electrons. The van der Waals surface area contributed by atoms with E-state index < -0.39 is 0 Å². The molecule has 0 aliphatic carbocycles. The molecule has 1 aromatic carbocycles. The van der Waals surface area contributed by atoms with E-state index in [4.69, 9.17) is 10.7 Å². The summed E-state index contributed by atoms with van der Waals surface area (Å²) in [5, 5.41) is 11.5. The molecule has 4 aromatic rings. The van der Waals surface area contributed by atoms with Gasteiger partial charge in [0.1, 0.15) is 11.6 Å². The summed E-state index contributed by atoms with van der Waals surface area (Å²) in [6, 6.07) is 12.4. The standard InChI is InChI=1S/C23H24FN7/c24-18-12-17(31-11-1-8-28-31)3-5-19(18)30-22-13-21-16(14-27-22)2-4-20(29-21)23(25)15-6-9-26-10-7-15/h1-5,8,11-15,23,26H,6-7,9-10,25H2,(H,27,30). The highest BCUT2D eigenvalue weighted by Crippen LogP contribution is 2.28. The van der Waals surface area contributed by atoms with E-state index in [9.17, 15) is 4.39 Å². The van der Waals surface area contributed by atoms with E-state index in [1.54, 1.807) is 41.5 Å². The van der Waals surface area contributed by atoms with Crippen molar-refractivity contribution in [1.29, 1.82) is 0 Å². The van der Waals surface area contributed by atoms with Gasteiger partial charge in [-0.1, -0.05) is 0 Å². The van der Waals surface area contributed by atoms with Crippen molar-refractivity contribution in [3.05, 3.63) is 72.6 Å². The largest absolute Gasteiger partial charge is 0.338 e. The van der Waals surface area contributed by atoms with Crippen LogP contribution in [0.4, 0.5) is 15.9 Å². The highest BCUT2D eigenvalue weighted by atomic mass is 19.1. The Morgan fingerprint density at radius 2 is 2.03 bits per heavy atom. The molecule has 4 heterocycles. The van der Waals surface area contributed by atoms with Gasteiger partial charge in [0, 0.05) is 42.2 Å². The molecule has 1 fully saturated rings. The summed E-state index contributed by atoms with van der Waals surface area (Å²) in [7, 11) is 0. The number of nitrogens with zero attached hydrogens (tertiary/aromatic N) is 4. The third kappa shape index (κ3) is 4.12. The van der Waals surface area contributed by atoms with Crippen molar-refractivity contribution in [2.24, 2.45) is 11.7 Å². The maximum atomic E-state index is 14.6. The molecule has 1 aliphatic rings. The number of halogens is 1. The predicted molar refractivity (Wildman–Crippen MR) is 119 cm³/mol. The van der Waals surface area contributed by atoms with E-state index in [0.717, 1.165) is 42.5 Å². The first-order valence-electron chi connectivity index (χ1n) is 10.5. The zero-order valence-corrected chi connectivity index (χ0v) is 17.0. The van der Waals surface area contributed by atoms with E-state index in [-0.39, 0.29) is 11.9 Å². The van der Waals surface area contributed by atoms with Crippen molar-refractivity contribution in [2.75, 3.05) is 18.4 Å². The summed E-state index contributed by atoms with van der Waals surface area (Å²) in [5.41, 5.74) is 9.17. The molecule has 0 spiro atoms. The van der Waals surface area contributed by atoms with Crippen LogP contribution in [0.5, 0.6) is 0 Å². The number of fused-ring (bicyclic) bond motifs is 1. The normalized spacial score (nSPS) is 15.8. The fourth-order valence-corrected chi connectivity index (χ4v) is 4.04. The molecule has 158 valence electrons. The molecule has 0 bridgehead atoms. The van der Waals surface area contributed by atoms with Crippen molar-refractivity contribution < 1.29 is 4.39 Å². The van der Waals surface area contributed by atoms with Crippen LogP contribution in [0.3, 0.4) is 0 Å². The maximum absolute atomic E-state index is 14.6. The Morgan fingerprint density at radius 3 is 2.81 bits per heavy atom. The lowest BCUT2D eigenvalue weighted by Crippen LogP contribution is -2.34. The second-order valence-electron chi connectivity index (χ2n) is 7.85. The quantitative estimate of drug-likeness (QED) is 0.458. The summed E-state index contributed by atoms with van der Waals surface area (Å²) in [5.74, 6) is 0.566. The van der Waals surface area contributed by atoms with Gasteiger partial charge in [-0.05, 0) is 62.2 Å². The Morgan fingerprint density at radius 1 is 1.16 bits per heavy atom. The van der Waals surface area contributed by atoms with E-state index in [1.165, 1.54) is 6.07 Å². The van der Waals surface area contributed by atoms with Crippen LogP contribution in [0.2, 0.25) is 0 Å².